The maximum atomic E-state index is 10.9. The van der Waals surface area contributed by atoms with Crippen LogP contribution in [0.15, 0.2) is 17.5 Å². The molecular weight excluding hydrogens is 274 g/mol. The second-order valence-electron chi connectivity index (χ2n) is 3.58. The van der Waals surface area contributed by atoms with Crippen LogP contribution in [0.4, 0.5) is 5.82 Å². The normalized spacial score (nSPS) is 10.3. The maximum Gasteiger partial charge on any atom is 0.335 e. The van der Waals surface area contributed by atoms with Crippen LogP contribution in [0.2, 0.25) is 5.15 Å². The fraction of sp³-hybridized carbons (Fsp3) is 0.182. The van der Waals surface area contributed by atoms with Crippen molar-refractivity contribution in [2.45, 2.75) is 13.5 Å². The molecular formula is C11H10ClN3O2S. The first-order valence-electron chi connectivity index (χ1n) is 5.10. The van der Waals surface area contributed by atoms with Gasteiger partial charge in [0.15, 0.2) is 0 Å². The lowest BCUT2D eigenvalue weighted by Crippen LogP contribution is -2.04. The molecule has 0 spiro atoms. The zero-order chi connectivity index (χ0) is 13.1. The third kappa shape index (κ3) is 3.18. The largest absolute Gasteiger partial charge is 0.478 e. The summed E-state index contributed by atoms with van der Waals surface area (Å²) in [7, 11) is 0. The first kappa shape index (κ1) is 12.8. The molecule has 0 saturated heterocycles. The molecule has 7 heteroatoms. The monoisotopic (exact) mass is 283 g/mol. The van der Waals surface area contributed by atoms with E-state index in [4.69, 9.17) is 16.7 Å². The van der Waals surface area contributed by atoms with Gasteiger partial charge in [0.05, 0.1) is 22.8 Å². The van der Waals surface area contributed by atoms with Crippen molar-refractivity contribution in [1.29, 1.82) is 0 Å². The van der Waals surface area contributed by atoms with Crippen molar-refractivity contribution >= 4 is 34.7 Å². The molecule has 2 aromatic heterocycles. The van der Waals surface area contributed by atoms with Gasteiger partial charge in [-0.25, -0.2) is 14.8 Å². The van der Waals surface area contributed by atoms with Crippen LogP contribution in [0.1, 0.15) is 21.1 Å². The Morgan fingerprint density at radius 3 is 2.89 bits per heavy atom. The van der Waals surface area contributed by atoms with Crippen molar-refractivity contribution in [3.8, 4) is 0 Å². The number of aryl methyl sites for hydroxylation is 1. The summed E-state index contributed by atoms with van der Waals surface area (Å²) >= 11 is 7.31. The molecule has 2 heterocycles. The average molecular weight is 284 g/mol. The molecule has 0 aliphatic heterocycles. The number of aromatic nitrogens is 2. The summed E-state index contributed by atoms with van der Waals surface area (Å²) in [6.07, 6.45) is 0. The molecule has 0 fully saturated rings. The fourth-order valence-corrected chi connectivity index (χ4v) is 2.20. The Balaban J connectivity index is 2.11. The van der Waals surface area contributed by atoms with E-state index in [0.717, 1.165) is 10.7 Å². The van der Waals surface area contributed by atoms with Gasteiger partial charge in [0.1, 0.15) is 11.0 Å². The maximum absolute atomic E-state index is 10.9. The molecule has 5 nitrogen and oxygen atoms in total. The fourth-order valence-electron chi connectivity index (χ4n) is 1.38. The molecule has 0 amide bonds. The van der Waals surface area contributed by atoms with E-state index in [1.165, 1.54) is 12.1 Å². The molecule has 2 N–H and O–H groups in total. The van der Waals surface area contributed by atoms with Crippen LogP contribution < -0.4 is 5.32 Å². The number of nitrogens with zero attached hydrogens (tertiary/aromatic N) is 2. The lowest BCUT2D eigenvalue weighted by atomic mass is 10.2. The lowest BCUT2D eigenvalue weighted by Gasteiger charge is -2.05. The standard InChI is InChI=1S/C11H10ClN3O2S/c1-6-14-8(5-18-6)4-13-10-3-7(11(16)17)2-9(12)15-10/h2-3,5H,4H2,1H3,(H,13,15)(H,16,17). The summed E-state index contributed by atoms with van der Waals surface area (Å²) in [5.74, 6) is -0.614. The molecule has 18 heavy (non-hydrogen) atoms. The molecule has 0 saturated carbocycles. The number of rotatable bonds is 4. The zero-order valence-corrected chi connectivity index (χ0v) is 11.0. The van der Waals surface area contributed by atoms with Gasteiger partial charge in [-0.1, -0.05) is 11.6 Å². The van der Waals surface area contributed by atoms with E-state index >= 15 is 0 Å². The minimum atomic E-state index is -1.04. The van der Waals surface area contributed by atoms with E-state index < -0.39 is 5.97 Å². The van der Waals surface area contributed by atoms with Crippen LogP contribution in [0, 0.1) is 6.92 Å². The third-order valence-electron chi connectivity index (χ3n) is 2.16. The quantitative estimate of drug-likeness (QED) is 0.844. The molecule has 0 aliphatic rings. The summed E-state index contributed by atoms with van der Waals surface area (Å²) in [6, 6.07) is 2.75. The van der Waals surface area contributed by atoms with Crippen LogP contribution in [-0.4, -0.2) is 21.0 Å². The zero-order valence-electron chi connectivity index (χ0n) is 9.48. The highest BCUT2D eigenvalue weighted by Gasteiger charge is 2.07. The van der Waals surface area contributed by atoms with Crippen LogP contribution in [-0.2, 0) is 6.54 Å². The summed E-state index contributed by atoms with van der Waals surface area (Å²) in [6.45, 7) is 2.41. The third-order valence-corrected chi connectivity index (χ3v) is 3.17. The van der Waals surface area contributed by atoms with E-state index in [-0.39, 0.29) is 10.7 Å². The minimum Gasteiger partial charge on any atom is -0.478 e. The number of hydrogen-bond acceptors (Lipinski definition) is 5. The number of anilines is 1. The summed E-state index contributed by atoms with van der Waals surface area (Å²) in [5.41, 5.74) is 0.989. The first-order chi connectivity index (χ1) is 8.54. The number of nitrogens with one attached hydrogen (secondary N) is 1. The number of pyridine rings is 1. The lowest BCUT2D eigenvalue weighted by molar-refractivity contribution is 0.0697. The van der Waals surface area contributed by atoms with E-state index in [0.29, 0.717) is 12.4 Å². The average Bonchev–Trinajstić information content (AvgIpc) is 2.72. The number of hydrogen-bond donors (Lipinski definition) is 2. The molecule has 2 rings (SSSR count). The van der Waals surface area contributed by atoms with Crippen molar-refractivity contribution in [1.82, 2.24) is 9.97 Å². The van der Waals surface area contributed by atoms with Crippen molar-refractivity contribution in [3.63, 3.8) is 0 Å². The Labute approximate surface area is 112 Å². The predicted octanol–water partition coefficient (Wildman–Crippen LogP) is 2.81. The molecule has 94 valence electrons. The van der Waals surface area contributed by atoms with E-state index in [9.17, 15) is 4.79 Å². The van der Waals surface area contributed by atoms with Gasteiger partial charge in [0, 0.05) is 5.38 Å². The highest BCUT2D eigenvalue weighted by molar-refractivity contribution is 7.09. The highest BCUT2D eigenvalue weighted by atomic mass is 35.5. The number of carbonyl (C=O) groups is 1. The highest BCUT2D eigenvalue weighted by Crippen LogP contribution is 2.16. The number of thiazole rings is 1. The van der Waals surface area contributed by atoms with Gasteiger partial charge in [0.2, 0.25) is 0 Å². The molecule has 0 aliphatic carbocycles. The van der Waals surface area contributed by atoms with Gasteiger partial charge in [-0.15, -0.1) is 11.3 Å². The molecule has 0 radical (unpaired) electrons. The number of aromatic carboxylic acids is 1. The minimum absolute atomic E-state index is 0.104. The molecule has 0 bridgehead atoms. The Morgan fingerprint density at radius 2 is 2.28 bits per heavy atom. The summed E-state index contributed by atoms with van der Waals surface area (Å²) in [5, 5.41) is 15.0. The van der Waals surface area contributed by atoms with Crippen molar-refractivity contribution in [3.05, 3.63) is 38.9 Å². The Kier molecular flexibility index (Phi) is 3.78. The molecule has 0 aromatic carbocycles. The van der Waals surface area contributed by atoms with Gasteiger partial charge in [0.25, 0.3) is 0 Å². The summed E-state index contributed by atoms with van der Waals surface area (Å²) < 4.78 is 0. The topological polar surface area (TPSA) is 75.1 Å². The van der Waals surface area contributed by atoms with Crippen molar-refractivity contribution < 1.29 is 9.90 Å². The smallest absolute Gasteiger partial charge is 0.335 e. The van der Waals surface area contributed by atoms with Crippen LogP contribution >= 0.6 is 22.9 Å². The SMILES string of the molecule is Cc1nc(CNc2cc(C(=O)O)cc(Cl)n2)cs1. The van der Waals surface area contributed by atoms with Crippen molar-refractivity contribution in [2.75, 3.05) is 5.32 Å². The Bertz CT molecular complexity index is 585. The van der Waals surface area contributed by atoms with Gasteiger partial charge in [-0.3, -0.25) is 0 Å². The van der Waals surface area contributed by atoms with Crippen molar-refractivity contribution in [2.24, 2.45) is 0 Å². The Morgan fingerprint density at radius 1 is 1.50 bits per heavy atom. The van der Waals surface area contributed by atoms with Gasteiger partial charge < -0.3 is 10.4 Å². The number of carboxylic acid groups (broad SMARTS) is 1. The van der Waals surface area contributed by atoms with Gasteiger partial charge in [-0.05, 0) is 19.1 Å². The first-order valence-corrected chi connectivity index (χ1v) is 6.36. The number of carboxylic acids is 1. The second-order valence-corrected chi connectivity index (χ2v) is 5.03. The summed E-state index contributed by atoms with van der Waals surface area (Å²) in [4.78, 5) is 19.1. The predicted molar refractivity (Wildman–Crippen MR) is 70.4 cm³/mol. The van der Waals surface area contributed by atoms with E-state index in [1.54, 1.807) is 11.3 Å². The van der Waals surface area contributed by atoms with Crippen LogP contribution in [0.25, 0.3) is 0 Å². The second kappa shape index (κ2) is 5.32. The molecule has 0 unspecified atom stereocenters. The molecule has 0 atom stereocenters. The molecule has 2 aromatic rings. The number of halogens is 1. The van der Waals surface area contributed by atoms with Crippen LogP contribution in [0.3, 0.4) is 0 Å². The van der Waals surface area contributed by atoms with Crippen LogP contribution in [0.5, 0.6) is 0 Å². The van der Waals surface area contributed by atoms with Gasteiger partial charge >= 0.3 is 5.97 Å². The Hall–Kier alpha value is -1.66. The van der Waals surface area contributed by atoms with Gasteiger partial charge in [-0.2, -0.15) is 0 Å². The van der Waals surface area contributed by atoms with E-state index in [2.05, 4.69) is 15.3 Å². The van der Waals surface area contributed by atoms with E-state index in [1.807, 2.05) is 12.3 Å².